The van der Waals surface area contributed by atoms with Gasteiger partial charge in [0.05, 0.1) is 17.3 Å². The minimum Gasteiger partial charge on any atom is -0.327 e. The molecule has 1 aromatic carbocycles. The second-order valence-electron chi connectivity index (χ2n) is 4.60. The Kier molecular flexibility index (Phi) is 5.73. The SMILES string of the molecule is CC(N)C(C)C(=O)Nc1ccccc1-n1cccn1.Cl. The van der Waals surface area contributed by atoms with Gasteiger partial charge in [-0.2, -0.15) is 5.10 Å². The van der Waals surface area contributed by atoms with Gasteiger partial charge < -0.3 is 11.1 Å². The fourth-order valence-electron chi connectivity index (χ4n) is 1.68. The van der Waals surface area contributed by atoms with Gasteiger partial charge in [0.15, 0.2) is 0 Å². The third-order valence-electron chi connectivity index (χ3n) is 3.12. The predicted molar refractivity (Wildman–Crippen MR) is 82.3 cm³/mol. The zero-order valence-corrected chi connectivity index (χ0v) is 12.3. The van der Waals surface area contributed by atoms with E-state index >= 15 is 0 Å². The summed E-state index contributed by atoms with van der Waals surface area (Å²) in [5.41, 5.74) is 7.30. The number of nitrogens with one attached hydrogen (secondary N) is 1. The van der Waals surface area contributed by atoms with Crippen LogP contribution in [-0.2, 0) is 4.79 Å². The van der Waals surface area contributed by atoms with Crippen molar-refractivity contribution in [2.45, 2.75) is 19.9 Å². The first-order chi connectivity index (χ1) is 9.09. The van der Waals surface area contributed by atoms with Gasteiger partial charge in [-0.25, -0.2) is 4.68 Å². The van der Waals surface area contributed by atoms with Crippen LogP contribution < -0.4 is 11.1 Å². The minimum absolute atomic E-state index is 0. The quantitative estimate of drug-likeness (QED) is 0.908. The lowest BCUT2D eigenvalue weighted by Crippen LogP contribution is -2.34. The second kappa shape index (κ2) is 7.07. The average molecular weight is 295 g/mol. The molecule has 0 bridgehead atoms. The molecule has 1 amide bonds. The number of carbonyl (C=O) groups is 1. The molecule has 2 unspecified atom stereocenters. The van der Waals surface area contributed by atoms with E-state index in [4.69, 9.17) is 5.73 Å². The fourth-order valence-corrected chi connectivity index (χ4v) is 1.68. The van der Waals surface area contributed by atoms with E-state index in [1.807, 2.05) is 50.4 Å². The summed E-state index contributed by atoms with van der Waals surface area (Å²) in [7, 11) is 0. The fraction of sp³-hybridized carbons (Fsp3) is 0.286. The lowest BCUT2D eigenvalue weighted by molar-refractivity contribution is -0.119. The van der Waals surface area contributed by atoms with Gasteiger partial charge in [0.1, 0.15) is 0 Å². The van der Waals surface area contributed by atoms with Crippen molar-refractivity contribution in [3.05, 3.63) is 42.7 Å². The van der Waals surface area contributed by atoms with Gasteiger partial charge in [0.25, 0.3) is 0 Å². The number of nitrogens with two attached hydrogens (primary N) is 1. The van der Waals surface area contributed by atoms with E-state index in [1.165, 1.54) is 0 Å². The number of nitrogens with zero attached hydrogens (tertiary/aromatic N) is 2. The Morgan fingerprint density at radius 2 is 2.00 bits per heavy atom. The molecule has 2 atom stereocenters. The Bertz CT molecular complexity index is 554. The third kappa shape index (κ3) is 3.59. The number of halogens is 1. The van der Waals surface area contributed by atoms with E-state index in [0.717, 1.165) is 11.4 Å². The summed E-state index contributed by atoms with van der Waals surface area (Å²) in [6.07, 6.45) is 3.53. The van der Waals surface area contributed by atoms with E-state index in [0.29, 0.717) is 0 Å². The first-order valence-corrected chi connectivity index (χ1v) is 6.25. The highest BCUT2D eigenvalue weighted by atomic mass is 35.5. The monoisotopic (exact) mass is 294 g/mol. The van der Waals surface area contributed by atoms with Crippen LogP contribution in [0.5, 0.6) is 0 Å². The van der Waals surface area contributed by atoms with Crippen LogP contribution in [0.15, 0.2) is 42.7 Å². The topological polar surface area (TPSA) is 72.9 Å². The lowest BCUT2D eigenvalue weighted by atomic mass is 10.0. The van der Waals surface area contributed by atoms with Gasteiger partial charge >= 0.3 is 0 Å². The maximum atomic E-state index is 12.1. The van der Waals surface area contributed by atoms with Gasteiger partial charge in [-0.15, -0.1) is 12.4 Å². The Morgan fingerprint density at radius 1 is 1.30 bits per heavy atom. The Labute approximate surface area is 124 Å². The summed E-state index contributed by atoms with van der Waals surface area (Å²) < 4.78 is 1.71. The summed E-state index contributed by atoms with van der Waals surface area (Å²) in [5, 5.41) is 7.08. The molecule has 0 fully saturated rings. The number of benzene rings is 1. The molecule has 0 saturated carbocycles. The predicted octanol–water partition coefficient (Wildman–Crippen LogP) is 2.22. The number of amides is 1. The molecule has 5 nitrogen and oxygen atoms in total. The number of hydrogen-bond acceptors (Lipinski definition) is 3. The van der Waals surface area contributed by atoms with Crippen LogP contribution >= 0.6 is 12.4 Å². The molecule has 0 aliphatic heterocycles. The maximum absolute atomic E-state index is 12.1. The molecule has 0 saturated heterocycles. The summed E-state index contributed by atoms with van der Waals surface area (Å²) in [4.78, 5) is 12.1. The Balaban J connectivity index is 0.00000200. The van der Waals surface area contributed by atoms with E-state index in [1.54, 1.807) is 10.9 Å². The van der Waals surface area contributed by atoms with Gasteiger partial charge in [0.2, 0.25) is 5.91 Å². The third-order valence-corrected chi connectivity index (χ3v) is 3.12. The summed E-state index contributed by atoms with van der Waals surface area (Å²) in [6.45, 7) is 3.64. The van der Waals surface area contributed by atoms with Crippen LogP contribution in [0, 0.1) is 5.92 Å². The van der Waals surface area contributed by atoms with Crippen molar-refractivity contribution < 1.29 is 4.79 Å². The first-order valence-electron chi connectivity index (χ1n) is 6.25. The number of carbonyl (C=O) groups excluding carboxylic acids is 1. The highest BCUT2D eigenvalue weighted by Crippen LogP contribution is 2.20. The Morgan fingerprint density at radius 3 is 2.60 bits per heavy atom. The van der Waals surface area contributed by atoms with Crippen molar-refractivity contribution in [3.63, 3.8) is 0 Å². The van der Waals surface area contributed by atoms with Gasteiger partial charge in [-0.05, 0) is 25.1 Å². The summed E-state index contributed by atoms with van der Waals surface area (Å²) in [5.74, 6) is -0.333. The molecule has 2 rings (SSSR count). The Hall–Kier alpha value is -1.85. The molecule has 0 radical (unpaired) electrons. The van der Waals surface area contributed by atoms with Crippen LogP contribution in [0.25, 0.3) is 5.69 Å². The second-order valence-corrected chi connectivity index (χ2v) is 4.60. The zero-order valence-electron chi connectivity index (χ0n) is 11.5. The molecule has 20 heavy (non-hydrogen) atoms. The number of rotatable bonds is 4. The number of para-hydroxylation sites is 2. The van der Waals surface area contributed by atoms with Crippen molar-refractivity contribution in [3.8, 4) is 5.69 Å². The number of hydrogen-bond donors (Lipinski definition) is 2. The molecular formula is C14H19ClN4O. The maximum Gasteiger partial charge on any atom is 0.228 e. The standard InChI is InChI=1S/C14H18N4O.ClH/c1-10(11(2)15)14(19)17-12-6-3-4-7-13(12)18-9-5-8-16-18;/h3-11H,15H2,1-2H3,(H,17,19);1H. The summed E-state index contributed by atoms with van der Waals surface area (Å²) >= 11 is 0. The molecule has 1 aromatic heterocycles. The molecule has 2 aromatic rings. The van der Waals surface area contributed by atoms with Crippen molar-refractivity contribution in [1.29, 1.82) is 0 Å². The molecule has 1 heterocycles. The van der Waals surface area contributed by atoms with Gasteiger partial charge in [0, 0.05) is 18.4 Å². The minimum atomic E-state index is -0.245. The van der Waals surface area contributed by atoms with Crippen LogP contribution in [0.4, 0.5) is 5.69 Å². The molecule has 3 N–H and O–H groups in total. The molecule has 6 heteroatoms. The van der Waals surface area contributed by atoms with E-state index in [9.17, 15) is 4.79 Å². The van der Waals surface area contributed by atoms with E-state index < -0.39 is 0 Å². The normalized spacial score (nSPS) is 13.2. The average Bonchev–Trinajstić information content (AvgIpc) is 2.92. The lowest BCUT2D eigenvalue weighted by Gasteiger charge is -2.17. The van der Waals surface area contributed by atoms with Crippen LogP contribution in [0.3, 0.4) is 0 Å². The number of aromatic nitrogens is 2. The first kappa shape index (κ1) is 16.2. The van der Waals surface area contributed by atoms with Crippen LogP contribution in [0.2, 0.25) is 0 Å². The molecular weight excluding hydrogens is 276 g/mol. The van der Waals surface area contributed by atoms with Crippen molar-refractivity contribution >= 4 is 24.0 Å². The highest BCUT2D eigenvalue weighted by Gasteiger charge is 2.18. The van der Waals surface area contributed by atoms with Crippen molar-refractivity contribution in [1.82, 2.24) is 9.78 Å². The smallest absolute Gasteiger partial charge is 0.228 e. The molecule has 0 spiro atoms. The largest absolute Gasteiger partial charge is 0.327 e. The van der Waals surface area contributed by atoms with E-state index in [2.05, 4.69) is 10.4 Å². The van der Waals surface area contributed by atoms with Crippen LogP contribution in [0.1, 0.15) is 13.8 Å². The van der Waals surface area contributed by atoms with Crippen LogP contribution in [-0.4, -0.2) is 21.7 Å². The molecule has 0 aliphatic carbocycles. The zero-order chi connectivity index (χ0) is 13.8. The van der Waals surface area contributed by atoms with Gasteiger partial charge in [-0.1, -0.05) is 19.1 Å². The molecule has 108 valence electrons. The van der Waals surface area contributed by atoms with E-state index in [-0.39, 0.29) is 30.3 Å². The molecule has 0 aliphatic rings. The van der Waals surface area contributed by atoms with Gasteiger partial charge in [-0.3, -0.25) is 4.79 Å². The number of anilines is 1. The highest BCUT2D eigenvalue weighted by molar-refractivity contribution is 5.94. The van der Waals surface area contributed by atoms with Crippen molar-refractivity contribution in [2.75, 3.05) is 5.32 Å². The van der Waals surface area contributed by atoms with Crippen molar-refractivity contribution in [2.24, 2.45) is 11.7 Å². The summed E-state index contributed by atoms with van der Waals surface area (Å²) in [6, 6.07) is 9.18.